The first-order valence-corrected chi connectivity index (χ1v) is 11.0. The lowest BCUT2D eigenvalue weighted by atomic mass is 9.96. The van der Waals surface area contributed by atoms with Gasteiger partial charge in [-0.3, -0.25) is 4.79 Å². The Kier molecular flexibility index (Phi) is 8.52. The first-order valence-electron chi connectivity index (χ1n) is 11.0. The summed E-state index contributed by atoms with van der Waals surface area (Å²) in [5, 5.41) is 9.14. The minimum Gasteiger partial charge on any atom is -0.481 e. The molecule has 0 aliphatic heterocycles. The fraction of sp³-hybridized carbons (Fsp3) is 0.269. The molecule has 0 saturated carbocycles. The number of pyridine rings is 1. The fourth-order valence-corrected chi connectivity index (χ4v) is 3.61. The molecule has 0 aliphatic carbocycles. The van der Waals surface area contributed by atoms with E-state index in [4.69, 9.17) is 14.6 Å². The Morgan fingerprint density at radius 3 is 2.36 bits per heavy atom. The van der Waals surface area contributed by atoms with Crippen LogP contribution in [0.3, 0.4) is 0 Å². The number of rotatable bonds is 9. The van der Waals surface area contributed by atoms with Crippen molar-refractivity contribution >= 4 is 12.1 Å². The van der Waals surface area contributed by atoms with E-state index in [2.05, 4.69) is 4.98 Å². The molecule has 190 valence electrons. The van der Waals surface area contributed by atoms with Gasteiger partial charge in [-0.15, -0.1) is 0 Å². The van der Waals surface area contributed by atoms with Crippen LogP contribution in [0.25, 0.3) is 11.1 Å². The lowest BCUT2D eigenvalue weighted by Crippen LogP contribution is -2.31. The van der Waals surface area contributed by atoms with Crippen LogP contribution in [0, 0.1) is 0 Å². The van der Waals surface area contributed by atoms with Gasteiger partial charge < -0.3 is 19.5 Å². The Morgan fingerprint density at radius 1 is 1.03 bits per heavy atom. The zero-order valence-electron chi connectivity index (χ0n) is 19.7. The van der Waals surface area contributed by atoms with Crippen molar-refractivity contribution in [3.8, 4) is 17.0 Å². The average molecular weight is 502 g/mol. The second-order valence-electron chi connectivity index (χ2n) is 7.89. The molecule has 0 unspecified atom stereocenters. The number of alkyl halides is 3. The molecule has 0 spiro atoms. The molecular formula is C26H25F3N2O5. The molecule has 7 nitrogen and oxygen atoms in total. The van der Waals surface area contributed by atoms with Gasteiger partial charge in [-0.05, 0) is 47.4 Å². The highest BCUT2D eigenvalue weighted by Gasteiger charge is 2.32. The van der Waals surface area contributed by atoms with Gasteiger partial charge in [0.2, 0.25) is 5.88 Å². The smallest absolute Gasteiger partial charge is 0.416 e. The minimum absolute atomic E-state index is 0.0145. The molecule has 0 saturated heterocycles. The first kappa shape index (κ1) is 26.5. The molecule has 10 heteroatoms. The lowest BCUT2D eigenvalue weighted by Gasteiger charge is -2.23. The Hall–Kier alpha value is -4.08. The molecule has 1 N–H and O–H groups in total. The molecule has 3 rings (SSSR count). The van der Waals surface area contributed by atoms with Crippen LogP contribution >= 0.6 is 0 Å². The highest BCUT2D eigenvalue weighted by molar-refractivity contribution is 5.76. The summed E-state index contributed by atoms with van der Waals surface area (Å²) < 4.78 is 51.3. The number of ether oxygens (including phenoxy) is 2. The summed E-state index contributed by atoms with van der Waals surface area (Å²) in [6.07, 6.45) is -4.28. The van der Waals surface area contributed by atoms with Gasteiger partial charge in [-0.25, -0.2) is 9.78 Å². The number of carbonyl (C=O) groups excluding carboxylic acids is 1. The summed E-state index contributed by atoms with van der Waals surface area (Å²) in [6, 6.07) is 13.7. The number of hydrogen-bond acceptors (Lipinski definition) is 5. The number of nitrogens with zero attached hydrogens (tertiary/aromatic N) is 2. The van der Waals surface area contributed by atoms with Gasteiger partial charge in [0.15, 0.2) is 0 Å². The predicted molar refractivity (Wildman–Crippen MR) is 125 cm³/mol. The number of halogens is 3. The van der Waals surface area contributed by atoms with E-state index in [0.717, 1.165) is 17.7 Å². The Labute approximate surface area is 206 Å². The van der Waals surface area contributed by atoms with E-state index < -0.39 is 23.8 Å². The molecule has 1 amide bonds. The van der Waals surface area contributed by atoms with Crippen LogP contribution in [-0.4, -0.2) is 40.7 Å². The van der Waals surface area contributed by atoms with Crippen molar-refractivity contribution in [2.45, 2.75) is 32.7 Å². The lowest BCUT2D eigenvalue weighted by molar-refractivity contribution is -0.138. The summed E-state index contributed by atoms with van der Waals surface area (Å²) in [5.74, 6) is -0.973. The summed E-state index contributed by atoms with van der Waals surface area (Å²) in [4.78, 5) is 29.3. The van der Waals surface area contributed by atoms with Crippen LogP contribution in [0.1, 0.15) is 29.2 Å². The van der Waals surface area contributed by atoms with Gasteiger partial charge in [0.1, 0.15) is 6.61 Å². The van der Waals surface area contributed by atoms with E-state index in [0.29, 0.717) is 16.7 Å². The number of amides is 1. The zero-order chi connectivity index (χ0) is 26.3. The number of aliphatic carboxylic acids is 1. The maximum absolute atomic E-state index is 13.5. The van der Waals surface area contributed by atoms with Crippen molar-refractivity contribution in [3.05, 3.63) is 83.0 Å². The van der Waals surface area contributed by atoms with Gasteiger partial charge >= 0.3 is 18.2 Å². The normalized spacial score (nSPS) is 11.1. The van der Waals surface area contributed by atoms with E-state index in [1.165, 1.54) is 30.3 Å². The van der Waals surface area contributed by atoms with E-state index >= 15 is 0 Å². The molecule has 0 bridgehead atoms. The van der Waals surface area contributed by atoms with Gasteiger partial charge in [-0.2, -0.15) is 13.2 Å². The summed E-state index contributed by atoms with van der Waals surface area (Å²) in [6.45, 7) is 1.70. The SMILES string of the molecule is CCN(Cc1cc(C(F)(F)F)ccc1-c1cc(CC(=O)O)cnc1OC)C(=O)OCc1ccccc1. The molecule has 0 fully saturated rings. The largest absolute Gasteiger partial charge is 0.481 e. The Bertz CT molecular complexity index is 1220. The number of benzene rings is 2. The zero-order valence-corrected chi connectivity index (χ0v) is 19.7. The van der Waals surface area contributed by atoms with Crippen molar-refractivity contribution in [3.63, 3.8) is 0 Å². The van der Waals surface area contributed by atoms with Crippen molar-refractivity contribution in [1.29, 1.82) is 0 Å². The molecule has 2 aromatic carbocycles. The number of hydrogen-bond donors (Lipinski definition) is 1. The molecule has 1 heterocycles. The van der Waals surface area contributed by atoms with Crippen LogP contribution in [0.15, 0.2) is 60.8 Å². The van der Waals surface area contributed by atoms with Crippen LogP contribution in [0.5, 0.6) is 5.88 Å². The predicted octanol–water partition coefficient (Wildman–Crippen LogP) is 5.56. The van der Waals surface area contributed by atoms with Crippen molar-refractivity contribution in [2.24, 2.45) is 0 Å². The molecule has 0 aliphatic rings. The highest BCUT2D eigenvalue weighted by Crippen LogP contribution is 2.37. The van der Waals surface area contributed by atoms with Gasteiger partial charge in [0.25, 0.3) is 0 Å². The van der Waals surface area contributed by atoms with Crippen LogP contribution in [0.2, 0.25) is 0 Å². The number of carboxylic acid groups (broad SMARTS) is 1. The van der Waals surface area contributed by atoms with Crippen molar-refractivity contribution in [1.82, 2.24) is 9.88 Å². The maximum atomic E-state index is 13.5. The third-order valence-electron chi connectivity index (χ3n) is 5.39. The first-order chi connectivity index (χ1) is 17.1. The molecular weight excluding hydrogens is 477 g/mol. The van der Waals surface area contributed by atoms with Crippen LogP contribution < -0.4 is 4.74 Å². The third kappa shape index (κ3) is 6.74. The Morgan fingerprint density at radius 2 is 1.75 bits per heavy atom. The number of aromatic nitrogens is 1. The van der Waals surface area contributed by atoms with E-state index in [-0.39, 0.29) is 37.6 Å². The molecule has 3 aromatic rings. The van der Waals surface area contributed by atoms with Crippen LogP contribution in [0.4, 0.5) is 18.0 Å². The summed E-state index contributed by atoms with van der Waals surface area (Å²) in [5.41, 5.74) is 1.05. The average Bonchev–Trinajstić information content (AvgIpc) is 2.85. The van der Waals surface area contributed by atoms with Gasteiger partial charge in [0.05, 0.1) is 19.1 Å². The van der Waals surface area contributed by atoms with E-state index in [9.17, 15) is 22.8 Å². The van der Waals surface area contributed by atoms with E-state index in [1.54, 1.807) is 31.2 Å². The highest BCUT2D eigenvalue weighted by atomic mass is 19.4. The van der Waals surface area contributed by atoms with Crippen LogP contribution in [-0.2, 0) is 35.3 Å². The van der Waals surface area contributed by atoms with Gasteiger partial charge in [-0.1, -0.05) is 36.4 Å². The standard InChI is InChI=1S/C26H25F3N2O5/c1-3-31(25(34)36-16-17-7-5-4-6-8-17)15-19-13-20(26(27,28)29)9-10-21(19)22-11-18(12-23(32)33)14-30-24(22)35-2/h4-11,13-14H,3,12,15-16H2,1-2H3,(H,32,33). The third-order valence-corrected chi connectivity index (χ3v) is 5.39. The molecule has 1 aromatic heterocycles. The maximum Gasteiger partial charge on any atom is 0.416 e. The van der Waals surface area contributed by atoms with Gasteiger partial charge in [0, 0.05) is 24.8 Å². The van der Waals surface area contributed by atoms with Crippen molar-refractivity contribution < 1.29 is 37.3 Å². The quantitative estimate of drug-likeness (QED) is 0.412. The number of carbonyl (C=O) groups is 2. The fourth-order valence-electron chi connectivity index (χ4n) is 3.61. The molecule has 0 radical (unpaired) electrons. The molecule has 0 atom stereocenters. The minimum atomic E-state index is -4.61. The van der Waals surface area contributed by atoms with Crippen molar-refractivity contribution in [2.75, 3.05) is 13.7 Å². The Balaban J connectivity index is 1.99. The summed E-state index contributed by atoms with van der Waals surface area (Å²) in [7, 11) is 1.35. The second-order valence-corrected chi connectivity index (χ2v) is 7.89. The number of carboxylic acids is 1. The topological polar surface area (TPSA) is 89.0 Å². The monoisotopic (exact) mass is 502 g/mol. The van der Waals surface area contributed by atoms with E-state index in [1.807, 2.05) is 6.07 Å². The summed E-state index contributed by atoms with van der Waals surface area (Å²) >= 11 is 0. The molecule has 36 heavy (non-hydrogen) atoms. The number of methoxy groups -OCH3 is 1. The second kappa shape index (κ2) is 11.6.